The van der Waals surface area contributed by atoms with Gasteiger partial charge in [0.15, 0.2) is 0 Å². The summed E-state index contributed by atoms with van der Waals surface area (Å²) in [6.45, 7) is 1.87. The van der Waals surface area contributed by atoms with Gasteiger partial charge in [-0.25, -0.2) is 9.37 Å². The lowest BCUT2D eigenvalue weighted by molar-refractivity contribution is -0.117. The summed E-state index contributed by atoms with van der Waals surface area (Å²) in [6.07, 6.45) is 4.23. The minimum atomic E-state index is -1.08. The van der Waals surface area contributed by atoms with Crippen molar-refractivity contribution in [1.29, 1.82) is 0 Å². The molecule has 1 N–H and O–H groups in total. The van der Waals surface area contributed by atoms with Gasteiger partial charge in [-0.2, -0.15) is 0 Å². The SMILES string of the molecule is COc1cccc(N(C(=O)c2cnccn2)[C@@H](C(=O)Nc2ccc(F)cc2)c2ccccc2C)c1. The molecule has 1 heterocycles. The van der Waals surface area contributed by atoms with Crippen LogP contribution in [0.2, 0.25) is 0 Å². The summed E-state index contributed by atoms with van der Waals surface area (Å²) in [4.78, 5) is 37.2. The van der Waals surface area contributed by atoms with E-state index in [9.17, 15) is 14.0 Å². The Morgan fingerprint density at radius 2 is 1.77 bits per heavy atom. The zero-order valence-electron chi connectivity index (χ0n) is 19.2. The number of rotatable bonds is 7. The summed E-state index contributed by atoms with van der Waals surface area (Å²) < 4.78 is 18.8. The molecule has 35 heavy (non-hydrogen) atoms. The number of methoxy groups -OCH3 is 1. The molecule has 0 fully saturated rings. The van der Waals surface area contributed by atoms with Crippen molar-refractivity contribution < 1.29 is 18.7 Å². The quantitative estimate of drug-likeness (QED) is 0.413. The fourth-order valence-electron chi connectivity index (χ4n) is 3.71. The Morgan fingerprint density at radius 3 is 2.46 bits per heavy atom. The Morgan fingerprint density at radius 1 is 1.00 bits per heavy atom. The average molecular weight is 471 g/mol. The van der Waals surface area contributed by atoms with E-state index in [0.29, 0.717) is 22.7 Å². The molecule has 0 radical (unpaired) electrons. The van der Waals surface area contributed by atoms with Crippen molar-refractivity contribution >= 4 is 23.2 Å². The summed E-state index contributed by atoms with van der Waals surface area (Å²) in [5, 5.41) is 2.81. The summed E-state index contributed by atoms with van der Waals surface area (Å²) in [6, 6.07) is 18.5. The van der Waals surface area contributed by atoms with Gasteiger partial charge < -0.3 is 10.1 Å². The van der Waals surface area contributed by atoms with Crippen molar-refractivity contribution in [3.63, 3.8) is 0 Å². The lowest BCUT2D eigenvalue weighted by atomic mass is 9.97. The highest BCUT2D eigenvalue weighted by Crippen LogP contribution is 2.33. The average Bonchev–Trinajstić information content (AvgIpc) is 2.89. The van der Waals surface area contributed by atoms with Crippen LogP contribution in [0.1, 0.15) is 27.7 Å². The second-order valence-corrected chi connectivity index (χ2v) is 7.72. The minimum Gasteiger partial charge on any atom is -0.497 e. The molecule has 4 aromatic rings. The van der Waals surface area contributed by atoms with E-state index in [2.05, 4.69) is 15.3 Å². The molecule has 0 saturated carbocycles. The second-order valence-electron chi connectivity index (χ2n) is 7.72. The summed E-state index contributed by atoms with van der Waals surface area (Å²) in [7, 11) is 1.52. The number of aryl methyl sites for hydroxylation is 1. The van der Waals surface area contributed by atoms with Crippen LogP contribution >= 0.6 is 0 Å². The van der Waals surface area contributed by atoms with Gasteiger partial charge in [0.25, 0.3) is 11.8 Å². The van der Waals surface area contributed by atoms with Gasteiger partial charge in [0, 0.05) is 29.8 Å². The Bertz CT molecular complexity index is 1330. The smallest absolute Gasteiger partial charge is 0.279 e. The van der Waals surface area contributed by atoms with Gasteiger partial charge in [-0.1, -0.05) is 30.3 Å². The lowest BCUT2D eigenvalue weighted by Crippen LogP contribution is -2.42. The highest BCUT2D eigenvalue weighted by atomic mass is 19.1. The van der Waals surface area contributed by atoms with E-state index >= 15 is 0 Å². The van der Waals surface area contributed by atoms with Crippen LogP contribution in [0.5, 0.6) is 5.75 Å². The van der Waals surface area contributed by atoms with Gasteiger partial charge in [-0.3, -0.25) is 19.5 Å². The van der Waals surface area contributed by atoms with Crippen LogP contribution < -0.4 is 15.0 Å². The number of nitrogens with one attached hydrogen (secondary N) is 1. The number of amides is 2. The Hall–Kier alpha value is -4.59. The van der Waals surface area contributed by atoms with Crippen molar-refractivity contribution in [2.45, 2.75) is 13.0 Å². The number of aromatic nitrogens is 2. The molecule has 0 aliphatic heterocycles. The predicted octanol–water partition coefficient (Wildman–Crippen LogP) is 4.96. The van der Waals surface area contributed by atoms with Crippen LogP contribution in [0.25, 0.3) is 0 Å². The van der Waals surface area contributed by atoms with E-state index < -0.39 is 23.7 Å². The largest absolute Gasteiger partial charge is 0.497 e. The standard InChI is InChI=1S/C27H23FN4O3/c1-18-6-3-4-9-23(18)25(26(33)31-20-12-10-19(28)11-13-20)32(21-7-5-8-22(16-21)35-2)27(34)24-17-29-14-15-30-24/h3-17,25H,1-2H3,(H,31,33)/t25-/m1/s1. The van der Waals surface area contributed by atoms with Gasteiger partial charge in [0.1, 0.15) is 23.3 Å². The minimum absolute atomic E-state index is 0.0727. The van der Waals surface area contributed by atoms with E-state index in [1.165, 1.54) is 54.9 Å². The normalized spacial score (nSPS) is 11.4. The Labute approximate surface area is 202 Å². The maximum absolute atomic E-state index is 13.8. The topological polar surface area (TPSA) is 84.4 Å². The molecule has 0 aliphatic rings. The molecule has 8 heteroatoms. The first kappa shape index (κ1) is 23.6. The molecule has 0 aliphatic carbocycles. The molecule has 0 saturated heterocycles. The third-order valence-corrected chi connectivity index (χ3v) is 5.43. The third kappa shape index (κ3) is 5.33. The molecule has 1 aromatic heterocycles. The van der Waals surface area contributed by atoms with E-state index in [1.54, 1.807) is 36.4 Å². The highest BCUT2D eigenvalue weighted by molar-refractivity contribution is 6.11. The third-order valence-electron chi connectivity index (χ3n) is 5.43. The zero-order chi connectivity index (χ0) is 24.8. The van der Waals surface area contributed by atoms with Gasteiger partial charge >= 0.3 is 0 Å². The summed E-state index contributed by atoms with van der Waals surface area (Å²) >= 11 is 0. The van der Waals surface area contributed by atoms with Crippen LogP contribution in [0.3, 0.4) is 0 Å². The van der Waals surface area contributed by atoms with E-state index in [4.69, 9.17) is 4.74 Å². The molecule has 1 atom stereocenters. The molecule has 2 amide bonds. The van der Waals surface area contributed by atoms with Crippen molar-refractivity contribution in [1.82, 2.24) is 9.97 Å². The van der Waals surface area contributed by atoms with Crippen LogP contribution in [-0.4, -0.2) is 28.9 Å². The van der Waals surface area contributed by atoms with Gasteiger partial charge in [0.05, 0.1) is 13.3 Å². The first-order chi connectivity index (χ1) is 17.0. The zero-order valence-corrected chi connectivity index (χ0v) is 19.2. The van der Waals surface area contributed by atoms with Crippen molar-refractivity contribution in [3.8, 4) is 5.75 Å². The van der Waals surface area contributed by atoms with Crippen LogP contribution in [0, 0.1) is 12.7 Å². The second kappa shape index (κ2) is 10.6. The summed E-state index contributed by atoms with van der Waals surface area (Å²) in [5.41, 5.74) is 2.33. The van der Waals surface area contributed by atoms with E-state index in [0.717, 1.165) is 5.56 Å². The maximum atomic E-state index is 13.8. The van der Waals surface area contributed by atoms with Gasteiger partial charge in [-0.05, 0) is 54.4 Å². The van der Waals surface area contributed by atoms with Crippen LogP contribution in [0.4, 0.5) is 15.8 Å². The number of hydrogen-bond acceptors (Lipinski definition) is 5. The molecule has 4 rings (SSSR count). The maximum Gasteiger partial charge on any atom is 0.279 e. The first-order valence-corrected chi connectivity index (χ1v) is 10.8. The number of hydrogen-bond donors (Lipinski definition) is 1. The Kier molecular flexibility index (Phi) is 7.11. The summed E-state index contributed by atoms with van der Waals surface area (Å²) in [5.74, 6) is -0.906. The number of benzene rings is 3. The van der Waals surface area contributed by atoms with Gasteiger partial charge in [0.2, 0.25) is 0 Å². The molecule has 0 unspecified atom stereocenters. The van der Waals surface area contributed by atoms with Crippen molar-refractivity contribution in [2.24, 2.45) is 0 Å². The fourth-order valence-corrected chi connectivity index (χ4v) is 3.71. The van der Waals surface area contributed by atoms with Crippen LogP contribution in [-0.2, 0) is 4.79 Å². The molecule has 0 spiro atoms. The van der Waals surface area contributed by atoms with Crippen LogP contribution in [0.15, 0.2) is 91.4 Å². The monoisotopic (exact) mass is 470 g/mol. The number of halogens is 1. The molecule has 7 nitrogen and oxygen atoms in total. The number of anilines is 2. The number of nitrogens with zero attached hydrogens (tertiary/aromatic N) is 3. The number of ether oxygens (including phenoxy) is 1. The number of carbonyl (C=O) groups excluding carboxylic acids is 2. The molecule has 0 bridgehead atoms. The van der Waals surface area contributed by atoms with E-state index in [-0.39, 0.29) is 5.69 Å². The molecular formula is C27H23FN4O3. The first-order valence-electron chi connectivity index (χ1n) is 10.8. The van der Waals surface area contributed by atoms with Crippen molar-refractivity contribution in [2.75, 3.05) is 17.3 Å². The highest BCUT2D eigenvalue weighted by Gasteiger charge is 2.35. The Balaban J connectivity index is 1.87. The fraction of sp³-hybridized carbons (Fsp3) is 0.111. The predicted molar refractivity (Wildman–Crippen MR) is 131 cm³/mol. The van der Waals surface area contributed by atoms with Crippen molar-refractivity contribution in [3.05, 3.63) is 114 Å². The van der Waals surface area contributed by atoms with Gasteiger partial charge in [-0.15, -0.1) is 0 Å². The molecular weight excluding hydrogens is 447 g/mol. The molecule has 3 aromatic carbocycles. The number of carbonyl (C=O) groups is 2. The van der Waals surface area contributed by atoms with E-state index in [1.807, 2.05) is 19.1 Å². The molecule has 176 valence electrons. The lowest BCUT2D eigenvalue weighted by Gasteiger charge is -2.32.